The van der Waals surface area contributed by atoms with Crippen LogP contribution in [0.25, 0.3) is 0 Å². The summed E-state index contributed by atoms with van der Waals surface area (Å²) in [6.07, 6.45) is 0.186. The van der Waals surface area contributed by atoms with Crippen LogP contribution in [-0.2, 0) is 4.79 Å². The Morgan fingerprint density at radius 1 is 1.40 bits per heavy atom. The molecule has 0 aliphatic heterocycles. The molecule has 0 aromatic carbocycles. The molecule has 20 heavy (non-hydrogen) atoms. The Hall–Kier alpha value is -0.820. The van der Waals surface area contributed by atoms with Gasteiger partial charge in [0.05, 0.1) is 12.1 Å². The molecule has 0 spiro atoms. The highest BCUT2D eigenvalue weighted by Crippen LogP contribution is 2.35. The maximum absolute atomic E-state index is 12.5. The zero-order valence-corrected chi connectivity index (χ0v) is 11.7. The van der Waals surface area contributed by atoms with Crippen LogP contribution in [0.5, 0.6) is 0 Å². The van der Waals surface area contributed by atoms with Crippen LogP contribution in [0.1, 0.15) is 38.5 Å². The maximum Gasteiger partial charge on any atom is 0.401 e. The second-order valence-corrected chi connectivity index (χ2v) is 6.15. The van der Waals surface area contributed by atoms with E-state index in [1.54, 1.807) is 0 Å². The molecular formula is C13H22F3N3O. The molecule has 116 valence electrons. The fourth-order valence-electron chi connectivity index (χ4n) is 3.08. The fourth-order valence-corrected chi connectivity index (χ4v) is 3.08. The lowest BCUT2D eigenvalue weighted by Gasteiger charge is -2.42. The van der Waals surface area contributed by atoms with Crippen molar-refractivity contribution in [3.05, 3.63) is 0 Å². The molecule has 2 fully saturated rings. The predicted octanol–water partition coefficient (Wildman–Crippen LogP) is 1.40. The van der Waals surface area contributed by atoms with Crippen molar-refractivity contribution in [2.45, 2.75) is 62.3 Å². The Morgan fingerprint density at radius 2 is 2.05 bits per heavy atom. The molecule has 2 aliphatic carbocycles. The van der Waals surface area contributed by atoms with Crippen molar-refractivity contribution in [2.24, 2.45) is 5.73 Å². The van der Waals surface area contributed by atoms with Gasteiger partial charge in [-0.05, 0) is 45.6 Å². The van der Waals surface area contributed by atoms with Gasteiger partial charge in [0, 0.05) is 12.1 Å². The van der Waals surface area contributed by atoms with E-state index in [4.69, 9.17) is 5.73 Å². The minimum absolute atomic E-state index is 0.260. The van der Waals surface area contributed by atoms with E-state index >= 15 is 0 Å². The first-order valence-electron chi connectivity index (χ1n) is 7.06. The molecular weight excluding hydrogens is 271 g/mol. The molecule has 0 radical (unpaired) electrons. The van der Waals surface area contributed by atoms with Crippen molar-refractivity contribution in [1.82, 2.24) is 10.2 Å². The number of amides is 1. The average molecular weight is 293 g/mol. The summed E-state index contributed by atoms with van der Waals surface area (Å²) in [6, 6.07) is 0.0401. The van der Waals surface area contributed by atoms with E-state index in [2.05, 4.69) is 5.32 Å². The van der Waals surface area contributed by atoms with Crippen LogP contribution in [0.15, 0.2) is 0 Å². The van der Waals surface area contributed by atoms with E-state index in [0.29, 0.717) is 25.3 Å². The number of halogens is 3. The summed E-state index contributed by atoms with van der Waals surface area (Å²) in [5.41, 5.74) is 4.70. The van der Waals surface area contributed by atoms with Crippen LogP contribution in [0.4, 0.5) is 13.2 Å². The minimum Gasteiger partial charge on any atom is -0.368 e. The molecule has 2 atom stereocenters. The summed E-state index contributed by atoms with van der Waals surface area (Å²) in [4.78, 5) is 13.1. The number of nitrogens with two attached hydrogens (primary N) is 1. The molecule has 2 aliphatic rings. The number of carbonyl (C=O) groups excluding carboxylic acids is 1. The fraction of sp³-hybridized carbons (Fsp3) is 0.923. The van der Waals surface area contributed by atoms with Gasteiger partial charge in [-0.25, -0.2) is 0 Å². The molecule has 2 unspecified atom stereocenters. The number of hydrogen-bond acceptors (Lipinski definition) is 3. The lowest BCUT2D eigenvalue weighted by atomic mass is 9.77. The van der Waals surface area contributed by atoms with Gasteiger partial charge in [0.1, 0.15) is 0 Å². The Bertz CT molecular complexity index is 370. The van der Waals surface area contributed by atoms with Gasteiger partial charge < -0.3 is 11.1 Å². The van der Waals surface area contributed by atoms with Crippen molar-refractivity contribution in [1.29, 1.82) is 0 Å². The monoisotopic (exact) mass is 293 g/mol. The van der Waals surface area contributed by atoms with E-state index in [1.165, 1.54) is 11.9 Å². The van der Waals surface area contributed by atoms with E-state index in [-0.39, 0.29) is 6.04 Å². The number of primary amides is 1. The Balaban J connectivity index is 2.03. The smallest absolute Gasteiger partial charge is 0.368 e. The summed E-state index contributed by atoms with van der Waals surface area (Å²) in [5, 5.41) is 3.27. The van der Waals surface area contributed by atoms with E-state index < -0.39 is 24.2 Å². The standard InChI is InChI=1S/C13H22F3N3O/c1-19(8-13(14,15)16)10-3-2-6-12(7-10,11(17)20)18-9-4-5-9/h9-10,18H,2-8H2,1H3,(H2,17,20). The second kappa shape index (κ2) is 5.52. The number of carbonyl (C=O) groups is 1. The molecule has 0 aromatic heterocycles. The number of rotatable bonds is 5. The molecule has 0 aromatic rings. The third-order valence-electron chi connectivity index (χ3n) is 4.31. The molecule has 1 amide bonds. The predicted molar refractivity (Wildman–Crippen MR) is 69.0 cm³/mol. The highest BCUT2D eigenvalue weighted by atomic mass is 19.4. The van der Waals surface area contributed by atoms with E-state index in [9.17, 15) is 18.0 Å². The summed E-state index contributed by atoms with van der Waals surface area (Å²) in [5.74, 6) is -0.436. The zero-order chi connectivity index (χ0) is 15.0. The summed E-state index contributed by atoms with van der Waals surface area (Å²) in [7, 11) is 1.46. The first-order valence-corrected chi connectivity index (χ1v) is 7.06. The van der Waals surface area contributed by atoms with Gasteiger partial charge in [-0.1, -0.05) is 0 Å². The van der Waals surface area contributed by atoms with Gasteiger partial charge in [-0.15, -0.1) is 0 Å². The average Bonchev–Trinajstić information content (AvgIpc) is 3.10. The van der Waals surface area contributed by atoms with Gasteiger partial charge >= 0.3 is 6.18 Å². The Labute approximate surface area is 116 Å². The first-order chi connectivity index (χ1) is 9.22. The normalized spacial score (nSPS) is 31.6. The first kappa shape index (κ1) is 15.6. The quantitative estimate of drug-likeness (QED) is 0.805. The van der Waals surface area contributed by atoms with Crippen molar-refractivity contribution >= 4 is 5.91 Å². The molecule has 4 nitrogen and oxygen atoms in total. The second-order valence-electron chi connectivity index (χ2n) is 6.15. The van der Waals surface area contributed by atoms with Crippen molar-refractivity contribution < 1.29 is 18.0 Å². The molecule has 7 heteroatoms. The van der Waals surface area contributed by atoms with Gasteiger partial charge in [0.25, 0.3) is 0 Å². The van der Waals surface area contributed by atoms with Crippen LogP contribution in [0.2, 0.25) is 0 Å². The summed E-state index contributed by atoms with van der Waals surface area (Å²) < 4.78 is 37.5. The maximum atomic E-state index is 12.5. The summed E-state index contributed by atoms with van der Waals surface area (Å²) >= 11 is 0. The van der Waals surface area contributed by atoms with Crippen molar-refractivity contribution in [3.63, 3.8) is 0 Å². The minimum atomic E-state index is -4.22. The largest absolute Gasteiger partial charge is 0.401 e. The number of nitrogens with one attached hydrogen (secondary N) is 1. The summed E-state index contributed by atoms with van der Waals surface area (Å²) in [6.45, 7) is -0.948. The lowest BCUT2D eigenvalue weighted by Crippen LogP contribution is -2.61. The molecule has 2 rings (SSSR count). The molecule has 3 N–H and O–H groups in total. The highest BCUT2D eigenvalue weighted by Gasteiger charge is 2.46. The molecule has 0 bridgehead atoms. The number of nitrogens with zero attached hydrogens (tertiary/aromatic N) is 1. The van der Waals surface area contributed by atoms with Gasteiger partial charge in [-0.2, -0.15) is 13.2 Å². The Morgan fingerprint density at radius 3 is 2.55 bits per heavy atom. The number of alkyl halides is 3. The highest BCUT2D eigenvalue weighted by molar-refractivity contribution is 5.85. The van der Waals surface area contributed by atoms with Gasteiger partial charge in [-0.3, -0.25) is 9.69 Å². The van der Waals surface area contributed by atoms with Crippen molar-refractivity contribution in [3.8, 4) is 0 Å². The van der Waals surface area contributed by atoms with Crippen LogP contribution in [0, 0.1) is 0 Å². The molecule has 0 heterocycles. The van der Waals surface area contributed by atoms with Crippen LogP contribution >= 0.6 is 0 Å². The Kier molecular flexibility index (Phi) is 4.30. The third-order valence-corrected chi connectivity index (χ3v) is 4.31. The molecule has 0 saturated heterocycles. The van der Waals surface area contributed by atoms with Gasteiger partial charge in [0.2, 0.25) is 5.91 Å². The third kappa shape index (κ3) is 3.85. The van der Waals surface area contributed by atoms with E-state index in [0.717, 1.165) is 19.3 Å². The zero-order valence-electron chi connectivity index (χ0n) is 11.7. The van der Waals surface area contributed by atoms with Crippen molar-refractivity contribution in [2.75, 3.05) is 13.6 Å². The van der Waals surface area contributed by atoms with Crippen LogP contribution in [0.3, 0.4) is 0 Å². The van der Waals surface area contributed by atoms with Crippen LogP contribution in [-0.4, -0.2) is 48.2 Å². The molecule has 2 saturated carbocycles. The number of hydrogen-bond donors (Lipinski definition) is 2. The topological polar surface area (TPSA) is 58.4 Å². The lowest BCUT2D eigenvalue weighted by molar-refractivity contribution is -0.150. The SMILES string of the molecule is CN(CC(F)(F)F)C1CCCC(NC2CC2)(C(N)=O)C1. The van der Waals surface area contributed by atoms with Crippen LogP contribution < -0.4 is 11.1 Å². The van der Waals surface area contributed by atoms with Gasteiger partial charge in [0.15, 0.2) is 0 Å². The van der Waals surface area contributed by atoms with E-state index in [1.807, 2.05) is 0 Å².